The summed E-state index contributed by atoms with van der Waals surface area (Å²) in [7, 11) is -1.99. The van der Waals surface area contributed by atoms with E-state index in [9.17, 15) is 13.2 Å². The molecule has 0 saturated carbocycles. The number of sulfonamides is 1. The van der Waals surface area contributed by atoms with Crippen LogP contribution in [0.25, 0.3) is 0 Å². The molecule has 1 aliphatic rings. The largest absolute Gasteiger partial charge is 0.493 e. The number of anilines is 1. The molecule has 0 aliphatic carbocycles. The molecule has 2 aromatic carbocycles. The van der Waals surface area contributed by atoms with Crippen molar-refractivity contribution in [3.05, 3.63) is 71.7 Å². The van der Waals surface area contributed by atoms with Crippen LogP contribution in [0.5, 0.6) is 11.5 Å². The van der Waals surface area contributed by atoms with Crippen molar-refractivity contribution in [3.8, 4) is 11.5 Å². The summed E-state index contributed by atoms with van der Waals surface area (Å²) in [6.45, 7) is 5.13. The number of carbonyl (C=O) groups is 1. The highest BCUT2D eigenvalue weighted by atomic mass is 32.2. The molecule has 0 bridgehead atoms. The molecule has 0 saturated heterocycles. The van der Waals surface area contributed by atoms with Crippen molar-refractivity contribution in [2.24, 2.45) is 0 Å². The molecule has 1 aromatic heterocycles. The number of ether oxygens (including phenoxy) is 2. The van der Waals surface area contributed by atoms with Crippen LogP contribution in [0.4, 0.5) is 5.69 Å². The van der Waals surface area contributed by atoms with Crippen LogP contribution in [0.2, 0.25) is 0 Å². The number of rotatable bonds is 9. The van der Waals surface area contributed by atoms with E-state index in [1.54, 1.807) is 54.5 Å². The number of aryl methyl sites for hydroxylation is 1. The highest BCUT2D eigenvalue weighted by Crippen LogP contribution is 2.32. The SMILES string of the molecule is CCN(CC)S(=O)(=O)c1ccc2c(c1)CCCN2C(=O)c1ccc(COc2ccccc2OC)o1. The van der Waals surface area contributed by atoms with Gasteiger partial charge in [0.1, 0.15) is 12.4 Å². The average Bonchev–Trinajstić information content (AvgIpc) is 3.36. The van der Waals surface area contributed by atoms with Crippen molar-refractivity contribution in [2.45, 2.75) is 38.2 Å². The molecule has 2 heterocycles. The van der Waals surface area contributed by atoms with E-state index in [-0.39, 0.29) is 23.2 Å². The molecular formula is C26H30N2O6S. The van der Waals surface area contributed by atoms with E-state index < -0.39 is 10.0 Å². The Morgan fingerprint density at radius 3 is 2.51 bits per heavy atom. The Kier molecular flexibility index (Phi) is 7.47. The molecule has 0 N–H and O–H groups in total. The molecule has 0 fully saturated rings. The number of amides is 1. The van der Waals surface area contributed by atoms with Gasteiger partial charge in [-0.2, -0.15) is 4.31 Å². The fourth-order valence-electron chi connectivity index (χ4n) is 4.25. The normalized spacial score (nSPS) is 13.5. The maximum atomic E-state index is 13.3. The number of para-hydroxylation sites is 2. The van der Waals surface area contributed by atoms with Gasteiger partial charge in [-0.1, -0.05) is 26.0 Å². The van der Waals surface area contributed by atoms with E-state index in [2.05, 4.69) is 0 Å². The first-order valence-corrected chi connectivity index (χ1v) is 13.1. The second kappa shape index (κ2) is 10.5. The molecular weight excluding hydrogens is 468 g/mol. The molecule has 0 spiro atoms. The zero-order valence-electron chi connectivity index (χ0n) is 20.2. The number of nitrogens with zero attached hydrogens (tertiary/aromatic N) is 2. The summed E-state index contributed by atoms with van der Waals surface area (Å²) in [5.74, 6) is 1.64. The van der Waals surface area contributed by atoms with E-state index in [0.29, 0.717) is 49.0 Å². The van der Waals surface area contributed by atoms with E-state index in [4.69, 9.17) is 13.9 Å². The molecule has 8 nitrogen and oxygen atoms in total. The van der Waals surface area contributed by atoms with Crippen LogP contribution in [-0.2, 0) is 23.1 Å². The van der Waals surface area contributed by atoms with Gasteiger partial charge < -0.3 is 18.8 Å². The van der Waals surface area contributed by atoms with E-state index in [1.165, 1.54) is 4.31 Å². The monoisotopic (exact) mass is 498 g/mol. The first kappa shape index (κ1) is 24.8. The second-order valence-corrected chi connectivity index (χ2v) is 10.1. The van der Waals surface area contributed by atoms with Crippen molar-refractivity contribution >= 4 is 21.6 Å². The standard InChI is InChI=1S/C26H30N2O6S/c1-4-27(5-2)35(30,31)21-13-14-22-19(17-21)9-8-16-28(22)26(29)25-15-12-20(34-25)18-33-24-11-7-6-10-23(24)32-3/h6-7,10-15,17H,4-5,8-9,16,18H2,1-3H3. The number of furan rings is 1. The van der Waals surface area contributed by atoms with Crippen molar-refractivity contribution in [1.82, 2.24) is 4.31 Å². The Morgan fingerprint density at radius 2 is 1.80 bits per heavy atom. The average molecular weight is 499 g/mol. The van der Waals surface area contributed by atoms with Gasteiger partial charge in [0, 0.05) is 25.3 Å². The molecule has 186 valence electrons. The van der Waals surface area contributed by atoms with Gasteiger partial charge in [0.2, 0.25) is 10.0 Å². The topological polar surface area (TPSA) is 89.3 Å². The Bertz CT molecular complexity index is 1300. The molecule has 1 amide bonds. The van der Waals surface area contributed by atoms with Crippen LogP contribution in [0.3, 0.4) is 0 Å². The number of hydrogen-bond acceptors (Lipinski definition) is 6. The lowest BCUT2D eigenvalue weighted by Gasteiger charge is -2.29. The third-order valence-corrected chi connectivity index (χ3v) is 8.12. The van der Waals surface area contributed by atoms with Crippen molar-refractivity contribution in [3.63, 3.8) is 0 Å². The van der Waals surface area contributed by atoms with Crippen LogP contribution < -0.4 is 14.4 Å². The molecule has 9 heteroatoms. The third kappa shape index (κ3) is 5.06. The van der Waals surface area contributed by atoms with Crippen molar-refractivity contribution < 1.29 is 27.1 Å². The number of fused-ring (bicyclic) bond motifs is 1. The third-order valence-electron chi connectivity index (χ3n) is 6.07. The lowest BCUT2D eigenvalue weighted by molar-refractivity contribution is 0.0954. The van der Waals surface area contributed by atoms with E-state index >= 15 is 0 Å². The van der Waals surface area contributed by atoms with Crippen LogP contribution >= 0.6 is 0 Å². The zero-order chi connectivity index (χ0) is 25.0. The van der Waals surface area contributed by atoms with Crippen LogP contribution in [0.15, 0.2) is 63.9 Å². The quantitative estimate of drug-likeness (QED) is 0.432. The Balaban J connectivity index is 1.51. The number of hydrogen-bond donors (Lipinski definition) is 0. The van der Waals surface area contributed by atoms with E-state index in [1.807, 2.05) is 26.0 Å². The van der Waals surface area contributed by atoms with Gasteiger partial charge in [-0.25, -0.2) is 8.42 Å². The highest BCUT2D eigenvalue weighted by molar-refractivity contribution is 7.89. The van der Waals surface area contributed by atoms with Gasteiger partial charge in [0.05, 0.1) is 12.0 Å². The molecule has 0 atom stereocenters. The maximum absolute atomic E-state index is 13.3. The smallest absolute Gasteiger partial charge is 0.293 e. The van der Waals surface area contributed by atoms with Gasteiger partial charge >= 0.3 is 0 Å². The summed E-state index contributed by atoms with van der Waals surface area (Å²) in [4.78, 5) is 15.2. The molecule has 35 heavy (non-hydrogen) atoms. The fraction of sp³-hybridized carbons (Fsp3) is 0.346. The van der Waals surface area contributed by atoms with Crippen LogP contribution in [0.1, 0.15) is 42.1 Å². The van der Waals surface area contributed by atoms with Crippen molar-refractivity contribution in [2.75, 3.05) is 31.6 Å². The fourth-order valence-corrected chi connectivity index (χ4v) is 5.76. The minimum atomic E-state index is -3.57. The minimum Gasteiger partial charge on any atom is -0.493 e. The number of benzene rings is 2. The molecule has 4 rings (SSSR count). The predicted octanol–water partition coefficient (Wildman–Crippen LogP) is 4.49. The van der Waals surface area contributed by atoms with Gasteiger partial charge in [-0.15, -0.1) is 0 Å². The Labute approximate surface area is 206 Å². The summed E-state index contributed by atoms with van der Waals surface area (Å²) in [6.07, 6.45) is 1.44. The maximum Gasteiger partial charge on any atom is 0.293 e. The lowest BCUT2D eigenvalue weighted by atomic mass is 10.0. The summed E-state index contributed by atoms with van der Waals surface area (Å²) in [5, 5.41) is 0. The first-order valence-electron chi connectivity index (χ1n) is 11.7. The van der Waals surface area contributed by atoms with Crippen molar-refractivity contribution in [1.29, 1.82) is 0 Å². The molecule has 1 aliphatic heterocycles. The van der Waals surface area contributed by atoms with E-state index in [0.717, 1.165) is 12.0 Å². The van der Waals surface area contributed by atoms with Gasteiger partial charge in [-0.05, 0) is 60.9 Å². The summed E-state index contributed by atoms with van der Waals surface area (Å²) in [6, 6.07) is 15.6. The summed E-state index contributed by atoms with van der Waals surface area (Å²) < 4.78 is 44.2. The van der Waals surface area contributed by atoms with Crippen LogP contribution in [0, 0.1) is 0 Å². The number of methoxy groups -OCH3 is 1. The van der Waals surface area contributed by atoms with Gasteiger partial charge in [-0.3, -0.25) is 4.79 Å². The Morgan fingerprint density at radius 1 is 1.06 bits per heavy atom. The second-order valence-electron chi connectivity index (χ2n) is 8.15. The molecule has 0 radical (unpaired) electrons. The lowest BCUT2D eigenvalue weighted by Crippen LogP contribution is -2.35. The summed E-state index contributed by atoms with van der Waals surface area (Å²) >= 11 is 0. The first-order chi connectivity index (χ1) is 16.9. The van der Waals surface area contributed by atoms with Gasteiger partial charge in [0.15, 0.2) is 17.3 Å². The molecule has 0 unspecified atom stereocenters. The van der Waals surface area contributed by atoms with Gasteiger partial charge in [0.25, 0.3) is 5.91 Å². The predicted molar refractivity (Wildman–Crippen MR) is 133 cm³/mol. The highest BCUT2D eigenvalue weighted by Gasteiger charge is 2.28. The zero-order valence-corrected chi connectivity index (χ0v) is 21.0. The number of carbonyl (C=O) groups excluding carboxylic acids is 1. The molecule has 3 aromatic rings. The minimum absolute atomic E-state index is 0.150. The Hall–Kier alpha value is -3.30. The summed E-state index contributed by atoms with van der Waals surface area (Å²) in [5.41, 5.74) is 1.55. The van der Waals surface area contributed by atoms with Crippen LogP contribution in [-0.4, -0.2) is 45.4 Å².